The molecule has 3 rings (SSSR count). The maximum atomic E-state index is 6.11. The van der Waals surface area contributed by atoms with E-state index in [2.05, 4.69) is 15.1 Å². The minimum absolute atomic E-state index is 0.305. The van der Waals surface area contributed by atoms with Crippen LogP contribution in [0.5, 0.6) is 0 Å². The molecule has 100 valence electrons. The standard InChI is InChI=1S/C15H14N4O/c16-13(10-11-4-2-1-3-5-11)15-18-14(19-20-15)12-6-8-17-9-7-12/h1-9,13H,10,16H2/t13-/m0/s1. The van der Waals surface area contributed by atoms with E-state index in [0.29, 0.717) is 18.1 Å². The molecule has 2 heterocycles. The van der Waals surface area contributed by atoms with Gasteiger partial charge < -0.3 is 10.3 Å². The Hall–Kier alpha value is -2.53. The Labute approximate surface area is 116 Å². The topological polar surface area (TPSA) is 77.8 Å². The zero-order valence-corrected chi connectivity index (χ0v) is 10.8. The van der Waals surface area contributed by atoms with Gasteiger partial charge in [-0.15, -0.1) is 0 Å². The van der Waals surface area contributed by atoms with E-state index in [1.807, 2.05) is 42.5 Å². The summed E-state index contributed by atoms with van der Waals surface area (Å²) in [6.45, 7) is 0. The Morgan fingerprint density at radius 3 is 2.55 bits per heavy atom. The van der Waals surface area contributed by atoms with E-state index in [-0.39, 0.29) is 6.04 Å². The third kappa shape index (κ3) is 2.73. The molecule has 2 N–H and O–H groups in total. The summed E-state index contributed by atoms with van der Waals surface area (Å²) in [7, 11) is 0. The summed E-state index contributed by atoms with van der Waals surface area (Å²) in [6, 6.07) is 13.4. The summed E-state index contributed by atoms with van der Waals surface area (Å²) < 4.78 is 5.25. The van der Waals surface area contributed by atoms with E-state index in [1.165, 1.54) is 0 Å². The van der Waals surface area contributed by atoms with Crippen molar-refractivity contribution in [1.29, 1.82) is 0 Å². The lowest BCUT2D eigenvalue weighted by Crippen LogP contribution is -2.13. The van der Waals surface area contributed by atoms with Crippen LogP contribution < -0.4 is 5.73 Å². The maximum absolute atomic E-state index is 6.11. The molecule has 0 aliphatic heterocycles. The Morgan fingerprint density at radius 1 is 1.05 bits per heavy atom. The van der Waals surface area contributed by atoms with Gasteiger partial charge in [-0.3, -0.25) is 4.98 Å². The SMILES string of the molecule is N[C@@H](Cc1ccccc1)c1nc(-c2ccncc2)no1. The molecule has 0 spiro atoms. The zero-order valence-electron chi connectivity index (χ0n) is 10.8. The molecule has 0 unspecified atom stereocenters. The number of pyridine rings is 1. The minimum atomic E-state index is -0.305. The predicted molar refractivity (Wildman–Crippen MR) is 74.6 cm³/mol. The van der Waals surface area contributed by atoms with Crippen molar-refractivity contribution in [2.75, 3.05) is 0 Å². The second-order valence-electron chi connectivity index (χ2n) is 4.49. The van der Waals surface area contributed by atoms with E-state index in [9.17, 15) is 0 Å². The van der Waals surface area contributed by atoms with Gasteiger partial charge in [-0.05, 0) is 24.1 Å². The second-order valence-corrected chi connectivity index (χ2v) is 4.49. The molecule has 1 atom stereocenters. The van der Waals surface area contributed by atoms with Crippen LogP contribution >= 0.6 is 0 Å². The van der Waals surface area contributed by atoms with Gasteiger partial charge in [-0.1, -0.05) is 35.5 Å². The Bertz CT molecular complexity index is 667. The van der Waals surface area contributed by atoms with Crippen molar-refractivity contribution in [2.45, 2.75) is 12.5 Å². The van der Waals surface area contributed by atoms with Crippen LogP contribution in [-0.2, 0) is 6.42 Å². The fourth-order valence-corrected chi connectivity index (χ4v) is 1.96. The van der Waals surface area contributed by atoms with Crippen molar-refractivity contribution in [2.24, 2.45) is 5.73 Å². The molecule has 0 saturated carbocycles. The van der Waals surface area contributed by atoms with Crippen LogP contribution in [-0.4, -0.2) is 15.1 Å². The first-order chi connectivity index (χ1) is 9.83. The number of hydrogen-bond acceptors (Lipinski definition) is 5. The van der Waals surface area contributed by atoms with E-state index in [4.69, 9.17) is 10.3 Å². The minimum Gasteiger partial charge on any atom is -0.337 e. The average molecular weight is 266 g/mol. The number of hydrogen-bond donors (Lipinski definition) is 1. The van der Waals surface area contributed by atoms with Crippen LogP contribution in [0.3, 0.4) is 0 Å². The van der Waals surface area contributed by atoms with Gasteiger partial charge in [0.05, 0.1) is 6.04 Å². The molecule has 2 aromatic heterocycles. The summed E-state index contributed by atoms with van der Waals surface area (Å²) in [6.07, 6.45) is 4.04. The number of nitrogens with two attached hydrogens (primary N) is 1. The monoisotopic (exact) mass is 266 g/mol. The fraction of sp³-hybridized carbons (Fsp3) is 0.133. The van der Waals surface area contributed by atoms with Gasteiger partial charge in [0.2, 0.25) is 11.7 Å². The number of aromatic nitrogens is 3. The van der Waals surface area contributed by atoms with Gasteiger partial charge >= 0.3 is 0 Å². The van der Waals surface area contributed by atoms with Crippen LogP contribution in [0.4, 0.5) is 0 Å². The molecule has 0 aliphatic rings. The van der Waals surface area contributed by atoms with Gasteiger partial charge in [-0.2, -0.15) is 4.98 Å². The largest absolute Gasteiger partial charge is 0.337 e. The van der Waals surface area contributed by atoms with Gasteiger partial charge in [0.15, 0.2) is 0 Å². The smallest absolute Gasteiger partial charge is 0.244 e. The maximum Gasteiger partial charge on any atom is 0.244 e. The van der Waals surface area contributed by atoms with E-state index in [0.717, 1.165) is 11.1 Å². The summed E-state index contributed by atoms with van der Waals surface area (Å²) in [5.41, 5.74) is 8.12. The molecular weight excluding hydrogens is 252 g/mol. The van der Waals surface area contributed by atoms with Crippen LogP contribution in [0.25, 0.3) is 11.4 Å². The predicted octanol–water partition coefficient (Wildman–Crippen LogP) is 2.37. The second kappa shape index (κ2) is 5.63. The summed E-state index contributed by atoms with van der Waals surface area (Å²) in [4.78, 5) is 8.30. The first kappa shape index (κ1) is 12.5. The third-order valence-corrected chi connectivity index (χ3v) is 3.00. The molecule has 0 fully saturated rings. The zero-order chi connectivity index (χ0) is 13.8. The highest BCUT2D eigenvalue weighted by Gasteiger charge is 2.16. The average Bonchev–Trinajstić information content (AvgIpc) is 2.99. The van der Waals surface area contributed by atoms with Crippen LogP contribution in [0, 0.1) is 0 Å². The van der Waals surface area contributed by atoms with E-state index < -0.39 is 0 Å². The van der Waals surface area contributed by atoms with Crippen molar-refractivity contribution in [3.05, 3.63) is 66.3 Å². The summed E-state index contributed by atoms with van der Waals surface area (Å²) in [5, 5.41) is 3.96. The lowest BCUT2D eigenvalue weighted by molar-refractivity contribution is 0.354. The molecule has 20 heavy (non-hydrogen) atoms. The molecule has 5 heteroatoms. The Kier molecular flexibility index (Phi) is 3.52. The first-order valence-electron chi connectivity index (χ1n) is 6.36. The van der Waals surface area contributed by atoms with Crippen molar-refractivity contribution < 1.29 is 4.52 Å². The molecule has 0 bridgehead atoms. The van der Waals surface area contributed by atoms with Gasteiger partial charge in [-0.25, -0.2) is 0 Å². The summed E-state index contributed by atoms with van der Waals surface area (Å²) >= 11 is 0. The van der Waals surface area contributed by atoms with Gasteiger partial charge in [0.25, 0.3) is 0 Å². The van der Waals surface area contributed by atoms with Crippen LogP contribution in [0.15, 0.2) is 59.4 Å². The highest BCUT2D eigenvalue weighted by molar-refractivity contribution is 5.52. The van der Waals surface area contributed by atoms with E-state index >= 15 is 0 Å². The highest BCUT2D eigenvalue weighted by Crippen LogP contribution is 2.19. The van der Waals surface area contributed by atoms with E-state index in [1.54, 1.807) is 12.4 Å². The summed E-state index contributed by atoms with van der Waals surface area (Å²) in [5.74, 6) is 0.978. The third-order valence-electron chi connectivity index (χ3n) is 3.00. The molecular formula is C15H14N4O. The molecule has 0 aliphatic carbocycles. The molecule has 0 amide bonds. The normalized spacial score (nSPS) is 12.2. The van der Waals surface area contributed by atoms with Crippen molar-refractivity contribution in [3.8, 4) is 11.4 Å². The Balaban J connectivity index is 1.77. The molecule has 3 aromatic rings. The lowest BCUT2D eigenvalue weighted by Gasteiger charge is -2.05. The Morgan fingerprint density at radius 2 is 1.80 bits per heavy atom. The molecule has 0 radical (unpaired) electrons. The molecule has 1 aromatic carbocycles. The number of rotatable bonds is 4. The van der Waals surface area contributed by atoms with Crippen LogP contribution in [0.2, 0.25) is 0 Å². The highest BCUT2D eigenvalue weighted by atomic mass is 16.5. The van der Waals surface area contributed by atoms with Crippen molar-refractivity contribution in [1.82, 2.24) is 15.1 Å². The van der Waals surface area contributed by atoms with Gasteiger partial charge in [0, 0.05) is 18.0 Å². The first-order valence-corrected chi connectivity index (χ1v) is 6.36. The fourth-order valence-electron chi connectivity index (χ4n) is 1.96. The van der Waals surface area contributed by atoms with Gasteiger partial charge in [0.1, 0.15) is 0 Å². The molecule has 0 saturated heterocycles. The lowest BCUT2D eigenvalue weighted by atomic mass is 10.1. The van der Waals surface area contributed by atoms with Crippen molar-refractivity contribution >= 4 is 0 Å². The number of benzene rings is 1. The van der Waals surface area contributed by atoms with Crippen molar-refractivity contribution in [3.63, 3.8) is 0 Å². The quantitative estimate of drug-likeness (QED) is 0.784. The number of nitrogens with zero attached hydrogens (tertiary/aromatic N) is 3. The van der Waals surface area contributed by atoms with Crippen LogP contribution in [0.1, 0.15) is 17.5 Å². The molecule has 5 nitrogen and oxygen atoms in total.